The first-order chi connectivity index (χ1) is 10.3. The van der Waals surface area contributed by atoms with E-state index in [-0.39, 0.29) is 17.0 Å². The zero-order valence-corrected chi connectivity index (χ0v) is 15.1. The van der Waals surface area contributed by atoms with Crippen LogP contribution in [-0.4, -0.2) is 23.7 Å². The Labute approximate surface area is 140 Å². The summed E-state index contributed by atoms with van der Waals surface area (Å²) < 4.78 is 5.92. The number of benzene rings is 1. The van der Waals surface area contributed by atoms with Gasteiger partial charge >= 0.3 is 11.9 Å². The van der Waals surface area contributed by atoms with Crippen LogP contribution >= 0.6 is 15.9 Å². The van der Waals surface area contributed by atoms with Crippen LogP contribution in [0.3, 0.4) is 0 Å². The minimum absolute atomic E-state index is 0.0656. The van der Waals surface area contributed by atoms with E-state index in [0.29, 0.717) is 18.6 Å². The lowest BCUT2D eigenvalue weighted by atomic mass is 9.90. The van der Waals surface area contributed by atoms with Crippen LogP contribution in [0.1, 0.15) is 65.5 Å². The van der Waals surface area contributed by atoms with Gasteiger partial charge in [-0.05, 0) is 42.9 Å². The van der Waals surface area contributed by atoms with Crippen molar-refractivity contribution in [3.8, 4) is 0 Å². The molecule has 1 N–H and O–H groups in total. The highest BCUT2D eigenvalue weighted by molar-refractivity contribution is 9.10. The maximum absolute atomic E-state index is 12.2. The molecule has 1 aromatic carbocycles. The number of ether oxygens (including phenoxy) is 1. The van der Waals surface area contributed by atoms with Crippen molar-refractivity contribution in [1.82, 2.24) is 0 Å². The van der Waals surface area contributed by atoms with E-state index in [1.807, 2.05) is 27.7 Å². The number of carbonyl (C=O) groups is 2. The number of halogens is 1. The van der Waals surface area contributed by atoms with Crippen molar-refractivity contribution in [2.75, 3.05) is 6.61 Å². The number of aromatic carboxylic acids is 1. The molecule has 0 heterocycles. The van der Waals surface area contributed by atoms with Gasteiger partial charge in [-0.25, -0.2) is 9.59 Å². The SMILES string of the molecule is CCCCOC(=O)c1cc(Br)c(C)c(CC(C)C)c1C(=O)O. The van der Waals surface area contributed by atoms with Crippen molar-refractivity contribution >= 4 is 27.9 Å². The molecular formula is C17H23BrO4. The van der Waals surface area contributed by atoms with E-state index in [1.165, 1.54) is 0 Å². The molecule has 0 aliphatic heterocycles. The molecule has 0 amide bonds. The summed E-state index contributed by atoms with van der Waals surface area (Å²) in [5, 5.41) is 9.57. The molecule has 0 saturated heterocycles. The van der Waals surface area contributed by atoms with Gasteiger partial charge in [0.25, 0.3) is 0 Å². The fraction of sp³-hybridized carbons (Fsp3) is 0.529. The maximum atomic E-state index is 12.2. The maximum Gasteiger partial charge on any atom is 0.339 e. The Hall–Kier alpha value is -1.36. The Kier molecular flexibility index (Phi) is 7.07. The number of hydrogen-bond donors (Lipinski definition) is 1. The second kappa shape index (κ2) is 8.32. The van der Waals surface area contributed by atoms with Gasteiger partial charge in [-0.15, -0.1) is 0 Å². The molecule has 22 heavy (non-hydrogen) atoms. The molecule has 0 saturated carbocycles. The zero-order valence-electron chi connectivity index (χ0n) is 13.5. The molecule has 0 atom stereocenters. The van der Waals surface area contributed by atoms with E-state index in [2.05, 4.69) is 15.9 Å². The topological polar surface area (TPSA) is 63.6 Å². The highest BCUT2D eigenvalue weighted by Crippen LogP contribution is 2.29. The Bertz CT molecular complexity index is 564. The Morgan fingerprint density at radius 3 is 2.50 bits per heavy atom. The Balaban J connectivity index is 3.34. The van der Waals surface area contributed by atoms with Crippen LogP contribution in [0.25, 0.3) is 0 Å². The van der Waals surface area contributed by atoms with Gasteiger partial charge in [0, 0.05) is 4.47 Å². The second-order valence-electron chi connectivity index (χ2n) is 5.78. The van der Waals surface area contributed by atoms with Gasteiger partial charge in [-0.2, -0.15) is 0 Å². The first-order valence-corrected chi connectivity index (χ1v) is 8.31. The number of rotatable bonds is 7. The number of carboxylic acids is 1. The standard InChI is InChI=1S/C17H23BrO4/c1-5-6-7-22-17(21)13-9-14(18)11(4)12(8-10(2)3)15(13)16(19)20/h9-10H,5-8H2,1-4H3,(H,19,20). The number of esters is 1. The van der Waals surface area contributed by atoms with E-state index in [9.17, 15) is 14.7 Å². The minimum atomic E-state index is -1.09. The first-order valence-electron chi connectivity index (χ1n) is 7.51. The smallest absolute Gasteiger partial charge is 0.339 e. The monoisotopic (exact) mass is 370 g/mol. The summed E-state index contributed by atoms with van der Waals surface area (Å²) in [5.74, 6) is -1.37. The summed E-state index contributed by atoms with van der Waals surface area (Å²) in [4.78, 5) is 23.9. The van der Waals surface area contributed by atoms with Gasteiger partial charge in [-0.1, -0.05) is 43.1 Å². The van der Waals surface area contributed by atoms with Crippen LogP contribution in [0.5, 0.6) is 0 Å². The van der Waals surface area contributed by atoms with Crippen molar-refractivity contribution in [2.45, 2.75) is 47.0 Å². The van der Waals surface area contributed by atoms with Crippen molar-refractivity contribution in [3.05, 3.63) is 32.8 Å². The third-order valence-electron chi connectivity index (χ3n) is 3.43. The molecule has 0 unspecified atom stereocenters. The molecule has 1 rings (SSSR count). The molecule has 5 heteroatoms. The average molecular weight is 371 g/mol. The molecule has 122 valence electrons. The Morgan fingerprint density at radius 2 is 2.00 bits per heavy atom. The van der Waals surface area contributed by atoms with Gasteiger partial charge in [0.1, 0.15) is 0 Å². The quantitative estimate of drug-likeness (QED) is 0.562. The second-order valence-corrected chi connectivity index (χ2v) is 6.63. The number of unbranched alkanes of at least 4 members (excludes halogenated alkanes) is 1. The summed E-state index contributed by atoms with van der Waals surface area (Å²) in [7, 11) is 0. The summed E-state index contributed by atoms with van der Waals surface area (Å²) >= 11 is 3.42. The van der Waals surface area contributed by atoms with E-state index in [0.717, 1.165) is 22.9 Å². The summed E-state index contributed by atoms with van der Waals surface area (Å²) in [5.41, 5.74) is 1.74. The molecule has 0 bridgehead atoms. The first kappa shape index (κ1) is 18.7. The van der Waals surface area contributed by atoms with Crippen molar-refractivity contribution in [3.63, 3.8) is 0 Å². The molecule has 1 aromatic rings. The van der Waals surface area contributed by atoms with Crippen molar-refractivity contribution in [2.24, 2.45) is 5.92 Å². The van der Waals surface area contributed by atoms with Gasteiger partial charge in [0.15, 0.2) is 0 Å². The minimum Gasteiger partial charge on any atom is -0.478 e. The van der Waals surface area contributed by atoms with E-state index in [4.69, 9.17) is 4.74 Å². The van der Waals surface area contributed by atoms with Crippen molar-refractivity contribution < 1.29 is 19.4 Å². The van der Waals surface area contributed by atoms with Crippen molar-refractivity contribution in [1.29, 1.82) is 0 Å². The number of hydrogen-bond acceptors (Lipinski definition) is 3. The summed E-state index contributed by atoms with van der Waals surface area (Å²) in [6.07, 6.45) is 2.28. The lowest BCUT2D eigenvalue weighted by Crippen LogP contribution is -2.17. The van der Waals surface area contributed by atoms with Gasteiger partial charge < -0.3 is 9.84 Å². The molecule has 0 aliphatic carbocycles. The summed E-state index contributed by atoms with van der Waals surface area (Å²) in [6.45, 7) is 8.20. The van der Waals surface area contributed by atoms with E-state index >= 15 is 0 Å². The van der Waals surface area contributed by atoms with Gasteiger partial charge in [0.05, 0.1) is 17.7 Å². The molecular weight excluding hydrogens is 348 g/mol. The lowest BCUT2D eigenvalue weighted by molar-refractivity contribution is 0.0489. The zero-order chi connectivity index (χ0) is 16.9. The molecule has 0 radical (unpaired) electrons. The third-order valence-corrected chi connectivity index (χ3v) is 4.25. The van der Waals surface area contributed by atoms with E-state index in [1.54, 1.807) is 6.07 Å². The van der Waals surface area contributed by atoms with Gasteiger partial charge in [-0.3, -0.25) is 0 Å². The van der Waals surface area contributed by atoms with Crippen LogP contribution < -0.4 is 0 Å². The largest absolute Gasteiger partial charge is 0.478 e. The van der Waals surface area contributed by atoms with Crippen LogP contribution in [0.4, 0.5) is 0 Å². The van der Waals surface area contributed by atoms with Crippen LogP contribution in [0.2, 0.25) is 0 Å². The van der Waals surface area contributed by atoms with Crippen LogP contribution in [0, 0.1) is 12.8 Å². The highest BCUT2D eigenvalue weighted by Gasteiger charge is 2.25. The predicted molar refractivity (Wildman–Crippen MR) is 89.6 cm³/mol. The fourth-order valence-corrected chi connectivity index (χ4v) is 2.73. The molecule has 0 aliphatic rings. The third kappa shape index (κ3) is 4.57. The van der Waals surface area contributed by atoms with Crippen LogP contribution in [0.15, 0.2) is 10.5 Å². The average Bonchev–Trinajstić information content (AvgIpc) is 2.42. The fourth-order valence-electron chi connectivity index (χ4n) is 2.26. The molecule has 0 aromatic heterocycles. The molecule has 0 spiro atoms. The number of carboxylic acid groups (broad SMARTS) is 1. The van der Waals surface area contributed by atoms with E-state index < -0.39 is 11.9 Å². The van der Waals surface area contributed by atoms with Crippen LogP contribution in [-0.2, 0) is 11.2 Å². The normalized spacial score (nSPS) is 10.8. The molecule has 0 fully saturated rings. The Morgan fingerprint density at radius 1 is 1.36 bits per heavy atom. The number of carbonyl (C=O) groups excluding carboxylic acids is 1. The lowest BCUT2D eigenvalue weighted by Gasteiger charge is -2.17. The predicted octanol–water partition coefficient (Wildman–Crippen LogP) is 4.61. The van der Waals surface area contributed by atoms with Gasteiger partial charge in [0.2, 0.25) is 0 Å². The summed E-state index contributed by atoms with van der Waals surface area (Å²) in [6, 6.07) is 1.55. The molecule has 4 nitrogen and oxygen atoms in total. The highest BCUT2D eigenvalue weighted by atomic mass is 79.9.